The maximum Gasteiger partial charge on any atom is 0.255 e. The Labute approximate surface area is 149 Å². The van der Waals surface area contributed by atoms with Crippen molar-refractivity contribution < 1.29 is 14.1 Å². The Morgan fingerprint density at radius 1 is 1.38 bits per heavy atom. The van der Waals surface area contributed by atoms with E-state index < -0.39 is 0 Å². The number of hydrogen-bond acceptors (Lipinski definition) is 5. The van der Waals surface area contributed by atoms with Crippen molar-refractivity contribution in [2.75, 3.05) is 13.2 Å². The Kier molecular flexibility index (Phi) is 5.38. The van der Waals surface area contributed by atoms with Gasteiger partial charge in [0.1, 0.15) is 6.10 Å². The summed E-state index contributed by atoms with van der Waals surface area (Å²) in [7, 11) is 0. The van der Waals surface area contributed by atoms with E-state index in [1.807, 2.05) is 0 Å². The zero-order valence-electron chi connectivity index (χ0n) is 13.1. The molecule has 0 unspecified atom stereocenters. The lowest BCUT2D eigenvalue weighted by atomic mass is 10.1. The van der Waals surface area contributed by atoms with Crippen LogP contribution in [0.5, 0.6) is 0 Å². The van der Waals surface area contributed by atoms with Crippen molar-refractivity contribution in [2.24, 2.45) is 0 Å². The molecule has 0 radical (unpaired) electrons. The average Bonchev–Trinajstić information content (AvgIpc) is 3.23. The van der Waals surface area contributed by atoms with Crippen molar-refractivity contribution in [2.45, 2.75) is 32.3 Å². The van der Waals surface area contributed by atoms with Gasteiger partial charge in [-0.1, -0.05) is 28.4 Å². The molecule has 1 aliphatic heterocycles. The minimum absolute atomic E-state index is 0.0994. The van der Waals surface area contributed by atoms with Gasteiger partial charge in [-0.15, -0.1) is 0 Å². The highest BCUT2D eigenvalue weighted by atomic mass is 35.5. The van der Waals surface area contributed by atoms with Gasteiger partial charge in [0.15, 0.2) is 5.82 Å². The molecule has 1 aromatic carbocycles. The first-order valence-corrected chi connectivity index (χ1v) is 8.48. The summed E-state index contributed by atoms with van der Waals surface area (Å²) in [5, 5.41) is 7.63. The zero-order valence-corrected chi connectivity index (χ0v) is 14.7. The molecule has 1 aliphatic rings. The predicted octanol–water partition coefficient (Wildman–Crippen LogP) is 3.51. The van der Waals surface area contributed by atoms with Crippen LogP contribution in [0, 0.1) is 6.92 Å². The highest BCUT2D eigenvalue weighted by molar-refractivity contribution is 6.36. The van der Waals surface area contributed by atoms with Crippen molar-refractivity contribution in [1.29, 1.82) is 0 Å². The number of carbonyl (C=O) groups is 1. The Balaban J connectivity index is 1.53. The minimum Gasteiger partial charge on any atom is -0.368 e. The molecule has 1 atom stereocenters. The first-order valence-electron chi connectivity index (χ1n) is 7.72. The molecule has 0 saturated carbocycles. The van der Waals surface area contributed by atoms with Crippen molar-refractivity contribution in [1.82, 2.24) is 15.5 Å². The lowest BCUT2D eigenvalue weighted by Crippen LogP contribution is -2.26. The molecular weight excluding hydrogens is 353 g/mol. The standard InChI is InChI=1S/C16H17Cl2N3O3/c1-9-11(17)7-10(8-12(9)18)15(22)19-5-4-14-20-16(24-21-14)13-3-2-6-23-13/h7-8,13H,2-6H2,1H3,(H,19,22)/t13-/m0/s1. The summed E-state index contributed by atoms with van der Waals surface area (Å²) in [4.78, 5) is 16.5. The number of ether oxygens (including phenoxy) is 1. The van der Waals surface area contributed by atoms with Crippen LogP contribution < -0.4 is 5.32 Å². The molecule has 8 heteroatoms. The number of nitrogens with one attached hydrogen (secondary N) is 1. The quantitative estimate of drug-likeness (QED) is 0.872. The van der Waals surface area contributed by atoms with Gasteiger partial charge in [-0.3, -0.25) is 4.79 Å². The molecule has 1 aromatic heterocycles. The summed E-state index contributed by atoms with van der Waals surface area (Å²) in [5.41, 5.74) is 1.17. The molecule has 1 N–H and O–H groups in total. The van der Waals surface area contributed by atoms with Crippen LogP contribution in [0.25, 0.3) is 0 Å². The molecule has 3 rings (SSSR count). The van der Waals surface area contributed by atoms with E-state index in [0.29, 0.717) is 40.3 Å². The van der Waals surface area contributed by atoms with Gasteiger partial charge in [0.2, 0.25) is 0 Å². The Bertz CT molecular complexity index is 719. The Morgan fingerprint density at radius 2 is 2.12 bits per heavy atom. The van der Waals surface area contributed by atoms with Crippen LogP contribution in [-0.2, 0) is 11.2 Å². The summed E-state index contributed by atoms with van der Waals surface area (Å²) in [6, 6.07) is 3.20. The molecule has 2 heterocycles. The second-order valence-electron chi connectivity index (χ2n) is 5.62. The molecule has 0 bridgehead atoms. The number of halogens is 2. The van der Waals surface area contributed by atoms with Crippen molar-refractivity contribution in [3.05, 3.63) is 45.0 Å². The van der Waals surface area contributed by atoms with Gasteiger partial charge in [-0.25, -0.2) is 0 Å². The van der Waals surface area contributed by atoms with E-state index in [0.717, 1.165) is 25.0 Å². The lowest BCUT2D eigenvalue weighted by molar-refractivity contribution is 0.0835. The summed E-state index contributed by atoms with van der Waals surface area (Å²) in [6.07, 6.45) is 2.26. The zero-order chi connectivity index (χ0) is 17.1. The van der Waals surface area contributed by atoms with Crippen LogP contribution in [0.3, 0.4) is 0 Å². The number of nitrogens with zero attached hydrogens (tertiary/aromatic N) is 2. The van der Waals surface area contributed by atoms with Crippen molar-refractivity contribution in [3.63, 3.8) is 0 Å². The normalized spacial score (nSPS) is 17.2. The van der Waals surface area contributed by atoms with Crippen LogP contribution in [0.1, 0.15) is 46.6 Å². The monoisotopic (exact) mass is 369 g/mol. The third-order valence-corrected chi connectivity index (χ3v) is 4.65. The molecule has 1 saturated heterocycles. The van der Waals surface area contributed by atoms with Crippen LogP contribution in [-0.4, -0.2) is 29.2 Å². The second-order valence-corrected chi connectivity index (χ2v) is 6.44. The van der Waals surface area contributed by atoms with Crippen LogP contribution in [0.2, 0.25) is 10.0 Å². The van der Waals surface area contributed by atoms with Gasteiger partial charge in [-0.2, -0.15) is 4.98 Å². The number of carbonyl (C=O) groups excluding carboxylic acids is 1. The maximum atomic E-state index is 12.2. The SMILES string of the molecule is Cc1c(Cl)cc(C(=O)NCCc2noc([C@@H]3CCCO3)n2)cc1Cl. The summed E-state index contributed by atoms with van der Waals surface area (Å²) in [6.45, 7) is 2.90. The van der Waals surface area contributed by atoms with Crippen LogP contribution in [0.4, 0.5) is 0 Å². The largest absolute Gasteiger partial charge is 0.368 e. The van der Waals surface area contributed by atoms with E-state index in [9.17, 15) is 4.79 Å². The van der Waals surface area contributed by atoms with Gasteiger partial charge in [0.05, 0.1) is 0 Å². The third-order valence-electron chi connectivity index (χ3n) is 3.87. The van der Waals surface area contributed by atoms with E-state index in [1.165, 1.54) is 0 Å². The number of amides is 1. The smallest absolute Gasteiger partial charge is 0.255 e. The fourth-order valence-electron chi connectivity index (χ4n) is 2.44. The molecule has 1 amide bonds. The van der Waals surface area contributed by atoms with Gasteiger partial charge in [0, 0.05) is 35.2 Å². The van der Waals surface area contributed by atoms with Crippen molar-refractivity contribution in [3.8, 4) is 0 Å². The average molecular weight is 370 g/mol. The van der Waals surface area contributed by atoms with Gasteiger partial charge in [-0.05, 0) is 37.5 Å². The fraction of sp³-hybridized carbons (Fsp3) is 0.438. The number of aromatic nitrogens is 2. The molecule has 0 aliphatic carbocycles. The number of benzene rings is 1. The molecule has 2 aromatic rings. The van der Waals surface area contributed by atoms with E-state index in [4.69, 9.17) is 32.5 Å². The van der Waals surface area contributed by atoms with E-state index in [1.54, 1.807) is 19.1 Å². The minimum atomic E-state index is -0.248. The van der Waals surface area contributed by atoms with Crippen LogP contribution in [0.15, 0.2) is 16.7 Å². The number of rotatable bonds is 5. The summed E-state index contributed by atoms with van der Waals surface area (Å²) in [5.74, 6) is 0.799. The molecule has 24 heavy (non-hydrogen) atoms. The first-order chi connectivity index (χ1) is 11.5. The highest BCUT2D eigenvalue weighted by Crippen LogP contribution is 2.27. The Hall–Kier alpha value is -1.63. The van der Waals surface area contributed by atoms with Crippen LogP contribution >= 0.6 is 23.2 Å². The van der Waals surface area contributed by atoms with E-state index in [2.05, 4.69) is 15.5 Å². The summed E-state index contributed by atoms with van der Waals surface area (Å²) >= 11 is 12.1. The van der Waals surface area contributed by atoms with E-state index >= 15 is 0 Å². The fourth-order valence-corrected chi connectivity index (χ4v) is 2.93. The second kappa shape index (κ2) is 7.51. The molecular formula is C16H17Cl2N3O3. The maximum absolute atomic E-state index is 12.2. The topological polar surface area (TPSA) is 77.2 Å². The Morgan fingerprint density at radius 3 is 2.79 bits per heavy atom. The molecule has 128 valence electrons. The van der Waals surface area contributed by atoms with Gasteiger partial charge < -0.3 is 14.6 Å². The first kappa shape index (κ1) is 17.2. The predicted molar refractivity (Wildman–Crippen MR) is 89.5 cm³/mol. The lowest BCUT2D eigenvalue weighted by Gasteiger charge is -2.07. The molecule has 0 spiro atoms. The van der Waals surface area contributed by atoms with Gasteiger partial charge in [0.25, 0.3) is 11.8 Å². The summed E-state index contributed by atoms with van der Waals surface area (Å²) < 4.78 is 10.7. The number of hydrogen-bond donors (Lipinski definition) is 1. The molecule has 1 fully saturated rings. The van der Waals surface area contributed by atoms with Gasteiger partial charge >= 0.3 is 0 Å². The molecule has 6 nitrogen and oxygen atoms in total. The highest BCUT2D eigenvalue weighted by Gasteiger charge is 2.23. The van der Waals surface area contributed by atoms with E-state index in [-0.39, 0.29) is 12.0 Å². The van der Waals surface area contributed by atoms with Crippen molar-refractivity contribution >= 4 is 29.1 Å². The third kappa shape index (κ3) is 3.88.